The highest BCUT2D eigenvalue weighted by atomic mass is 79.9. The minimum atomic E-state index is -0.619. The number of fused-ring (bicyclic) bond motifs is 1. The maximum Gasteiger partial charge on any atom is 0.433 e. The summed E-state index contributed by atoms with van der Waals surface area (Å²) >= 11 is 3.43. The number of hydrogen-bond acceptors (Lipinski definition) is 4. The molecule has 21 heavy (non-hydrogen) atoms. The lowest BCUT2D eigenvalue weighted by Gasteiger charge is -2.05. The van der Waals surface area contributed by atoms with Gasteiger partial charge in [0.2, 0.25) is 0 Å². The van der Waals surface area contributed by atoms with E-state index in [2.05, 4.69) is 21.2 Å². The third kappa shape index (κ3) is 2.25. The monoisotopic (exact) mass is 348 g/mol. The molecule has 2 heterocycles. The van der Waals surface area contributed by atoms with Crippen molar-refractivity contribution < 1.29 is 14.1 Å². The van der Waals surface area contributed by atoms with Gasteiger partial charge in [0.1, 0.15) is 10.7 Å². The topological polar surface area (TPSA) is 85.4 Å². The number of furan rings is 1. The van der Waals surface area contributed by atoms with E-state index in [9.17, 15) is 14.9 Å². The standard InChI is InChI=1S/C14H9BrN2O4/c1-7-10(15)3-4-11-13(7)9(14(18)16-11)6-8-2-5-12(21-8)17(19)20/h2-6H,1H3,(H,16,18). The zero-order chi connectivity index (χ0) is 15.1. The minimum absolute atomic E-state index is 0.259. The van der Waals surface area contributed by atoms with Gasteiger partial charge in [-0.2, -0.15) is 0 Å². The molecule has 1 aromatic carbocycles. The predicted molar refractivity (Wildman–Crippen MR) is 80.7 cm³/mol. The van der Waals surface area contributed by atoms with Gasteiger partial charge in [0, 0.05) is 15.7 Å². The Labute approximate surface area is 127 Å². The van der Waals surface area contributed by atoms with Crippen molar-refractivity contribution in [1.82, 2.24) is 0 Å². The average Bonchev–Trinajstić information content (AvgIpc) is 3.01. The fourth-order valence-corrected chi connectivity index (χ4v) is 2.57. The zero-order valence-electron chi connectivity index (χ0n) is 10.8. The third-order valence-corrected chi connectivity index (χ3v) is 4.10. The minimum Gasteiger partial charge on any atom is -0.401 e. The Bertz CT molecular complexity index is 807. The van der Waals surface area contributed by atoms with Gasteiger partial charge in [0.15, 0.2) is 0 Å². The van der Waals surface area contributed by atoms with E-state index in [0.717, 1.165) is 15.6 Å². The molecule has 0 unspecified atom stereocenters. The lowest BCUT2D eigenvalue weighted by molar-refractivity contribution is -0.402. The molecule has 1 amide bonds. The van der Waals surface area contributed by atoms with E-state index >= 15 is 0 Å². The predicted octanol–water partition coefficient (Wildman–Crippen LogP) is 3.75. The molecule has 3 rings (SSSR count). The SMILES string of the molecule is Cc1c(Br)ccc2c1C(=Cc1ccc([N+](=O)[O-])o1)C(=O)N2. The smallest absolute Gasteiger partial charge is 0.401 e. The highest BCUT2D eigenvalue weighted by Gasteiger charge is 2.27. The van der Waals surface area contributed by atoms with Crippen LogP contribution in [0.1, 0.15) is 16.9 Å². The van der Waals surface area contributed by atoms with Crippen molar-refractivity contribution >= 4 is 45.1 Å². The second-order valence-corrected chi connectivity index (χ2v) is 5.39. The maximum atomic E-state index is 12.1. The van der Waals surface area contributed by atoms with Crippen molar-refractivity contribution in [3.05, 3.63) is 55.7 Å². The fourth-order valence-electron chi connectivity index (χ4n) is 2.24. The van der Waals surface area contributed by atoms with E-state index in [-0.39, 0.29) is 17.6 Å². The van der Waals surface area contributed by atoms with Crippen LogP contribution in [-0.2, 0) is 4.79 Å². The van der Waals surface area contributed by atoms with E-state index in [0.29, 0.717) is 11.3 Å². The number of nitrogens with one attached hydrogen (secondary N) is 1. The molecule has 0 spiro atoms. The van der Waals surface area contributed by atoms with Crippen LogP contribution in [0.15, 0.2) is 33.2 Å². The highest BCUT2D eigenvalue weighted by Crippen LogP contribution is 2.38. The normalized spacial score (nSPS) is 15.1. The summed E-state index contributed by atoms with van der Waals surface area (Å²) < 4.78 is 5.96. The molecule has 1 aromatic heterocycles. The fraction of sp³-hybridized carbons (Fsp3) is 0.0714. The lowest BCUT2D eigenvalue weighted by atomic mass is 10.0. The van der Waals surface area contributed by atoms with Gasteiger partial charge in [-0.25, -0.2) is 0 Å². The molecule has 0 saturated heterocycles. The van der Waals surface area contributed by atoms with Crippen molar-refractivity contribution in [3.63, 3.8) is 0 Å². The molecule has 1 aliphatic rings. The van der Waals surface area contributed by atoms with Crippen LogP contribution in [0.4, 0.5) is 11.6 Å². The molecule has 0 saturated carbocycles. The van der Waals surface area contributed by atoms with Gasteiger partial charge in [-0.15, -0.1) is 0 Å². The highest BCUT2D eigenvalue weighted by molar-refractivity contribution is 9.10. The van der Waals surface area contributed by atoms with Crippen molar-refractivity contribution in [2.45, 2.75) is 6.92 Å². The number of rotatable bonds is 2. The summed E-state index contributed by atoms with van der Waals surface area (Å²) in [5.74, 6) is -0.351. The molecule has 1 aliphatic heterocycles. The molecule has 6 nitrogen and oxygen atoms in total. The lowest BCUT2D eigenvalue weighted by Crippen LogP contribution is -2.03. The number of carbonyl (C=O) groups excluding carboxylic acids is 1. The van der Waals surface area contributed by atoms with Gasteiger partial charge < -0.3 is 9.73 Å². The summed E-state index contributed by atoms with van der Waals surface area (Å²) in [5.41, 5.74) is 2.83. The van der Waals surface area contributed by atoms with E-state index in [4.69, 9.17) is 4.42 Å². The van der Waals surface area contributed by atoms with Gasteiger partial charge in [-0.1, -0.05) is 15.9 Å². The van der Waals surface area contributed by atoms with E-state index in [1.807, 2.05) is 13.0 Å². The van der Waals surface area contributed by atoms with Gasteiger partial charge in [-0.3, -0.25) is 14.9 Å². The van der Waals surface area contributed by atoms with Crippen molar-refractivity contribution in [2.75, 3.05) is 5.32 Å². The van der Waals surface area contributed by atoms with E-state index in [1.54, 1.807) is 6.07 Å². The largest absolute Gasteiger partial charge is 0.433 e. The van der Waals surface area contributed by atoms with E-state index < -0.39 is 4.92 Å². The average molecular weight is 349 g/mol. The van der Waals surface area contributed by atoms with Crippen LogP contribution >= 0.6 is 15.9 Å². The second kappa shape index (κ2) is 4.85. The molecule has 0 aliphatic carbocycles. The number of nitro groups is 1. The van der Waals surface area contributed by atoms with Crippen LogP contribution in [0.5, 0.6) is 0 Å². The summed E-state index contributed by atoms with van der Waals surface area (Å²) in [6.45, 7) is 1.89. The Kier molecular flexibility index (Phi) is 3.13. The molecule has 106 valence electrons. The molecule has 1 N–H and O–H groups in total. The summed E-state index contributed by atoms with van der Waals surface area (Å²) in [5, 5.41) is 13.4. The molecular weight excluding hydrogens is 340 g/mol. The first-order valence-corrected chi connectivity index (χ1v) is 6.83. The second-order valence-electron chi connectivity index (χ2n) is 4.54. The first kappa shape index (κ1) is 13.6. The molecule has 0 bridgehead atoms. The first-order valence-electron chi connectivity index (χ1n) is 6.04. The number of halogens is 1. The van der Waals surface area contributed by atoms with Crippen LogP contribution in [-0.4, -0.2) is 10.8 Å². The molecule has 2 aromatic rings. The van der Waals surface area contributed by atoms with Crippen molar-refractivity contribution in [2.24, 2.45) is 0 Å². The van der Waals surface area contributed by atoms with Crippen LogP contribution in [0.2, 0.25) is 0 Å². The van der Waals surface area contributed by atoms with E-state index in [1.165, 1.54) is 18.2 Å². The zero-order valence-corrected chi connectivity index (χ0v) is 12.4. The molecule has 0 atom stereocenters. The van der Waals surface area contributed by atoms with Crippen LogP contribution in [0.25, 0.3) is 11.6 Å². The van der Waals surface area contributed by atoms with Crippen molar-refractivity contribution in [3.8, 4) is 0 Å². The Morgan fingerprint density at radius 3 is 2.76 bits per heavy atom. The van der Waals surface area contributed by atoms with Crippen LogP contribution < -0.4 is 5.32 Å². The number of benzene rings is 1. The Hall–Kier alpha value is -2.41. The quantitative estimate of drug-likeness (QED) is 0.508. The molecule has 0 radical (unpaired) electrons. The first-order chi connectivity index (χ1) is 9.97. The Morgan fingerprint density at radius 2 is 2.10 bits per heavy atom. The van der Waals surface area contributed by atoms with Gasteiger partial charge >= 0.3 is 5.88 Å². The Morgan fingerprint density at radius 1 is 1.33 bits per heavy atom. The number of carbonyl (C=O) groups is 1. The molecular formula is C14H9BrN2O4. The van der Waals surface area contributed by atoms with Crippen LogP contribution in [0, 0.1) is 17.0 Å². The van der Waals surface area contributed by atoms with Crippen molar-refractivity contribution in [1.29, 1.82) is 0 Å². The summed E-state index contributed by atoms with van der Waals surface area (Å²) in [7, 11) is 0. The number of nitrogens with zero attached hydrogens (tertiary/aromatic N) is 1. The summed E-state index contributed by atoms with van der Waals surface area (Å²) in [6, 6.07) is 6.38. The van der Waals surface area contributed by atoms with Crippen LogP contribution in [0.3, 0.4) is 0 Å². The summed E-state index contributed by atoms with van der Waals surface area (Å²) in [4.78, 5) is 22.1. The third-order valence-electron chi connectivity index (χ3n) is 3.24. The molecule has 7 heteroatoms. The Balaban J connectivity index is 2.11. The molecule has 0 fully saturated rings. The van der Waals surface area contributed by atoms with Gasteiger partial charge in [0.05, 0.1) is 11.6 Å². The van der Waals surface area contributed by atoms with Gasteiger partial charge in [0.25, 0.3) is 5.91 Å². The number of amides is 1. The number of anilines is 1. The number of hydrogen-bond donors (Lipinski definition) is 1. The maximum absolute atomic E-state index is 12.1. The summed E-state index contributed by atoms with van der Waals surface area (Å²) in [6.07, 6.45) is 1.51. The van der Waals surface area contributed by atoms with Gasteiger partial charge in [-0.05, 0) is 36.8 Å².